The summed E-state index contributed by atoms with van der Waals surface area (Å²) in [6.07, 6.45) is 11.3. The van der Waals surface area contributed by atoms with Gasteiger partial charge in [0.15, 0.2) is 15.0 Å². The van der Waals surface area contributed by atoms with Gasteiger partial charge in [-0.25, -0.2) is 28.0 Å². The first-order valence-electron chi connectivity index (χ1n) is 22.4. The van der Waals surface area contributed by atoms with Crippen molar-refractivity contribution in [3.63, 3.8) is 0 Å². The first-order chi connectivity index (χ1) is 30.2. The lowest BCUT2D eigenvalue weighted by Gasteiger charge is -2.38. The fourth-order valence-electron chi connectivity index (χ4n) is 9.46. The number of sulfone groups is 1. The summed E-state index contributed by atoms with van der Waals surface area (Å²) < 4.78 is 38.8. The Balaban J connectivity index is 1.10. The highest BCUT2D eigenvalue weighted by molar-refractivity contribution is 7.92. The summed E-state index contributed by atoms with van der Waals surface area (Å²) in [4.78, 5) is 67.2. The van der Waals surface area contributed by atoms with Crippen LogP contribution in [0, 0.1) is 5.92 Å². The van der Waals surface area contributed by atoms with E-state index >= 15 is 0 Å². The van der Waals surface area contributed by atoms with Crippen LogP contribution in [0.5, 0.6) is 11.5 Å². The Morgan fingerprint density at radius 2 is 1.81 bits per heavy atom. The van der Waals surface area contributed by atoms with Crippen LogP contribution >= 0.6 is 11.3 Å². The van der Waals surface area contributed by atoms with E-state index in [2.05, 4.69) is 21.3 Å². The number of hydrogen-bond donors (Lipinski definition) is 5. The number of aromatic nitrogens is 2. The highest BCUT2D eigenvalue weighted by Crippen LogP contribution is 2.46. The van der Waals surface area contributed by atoms with E-state index in [1.54, 1.807) is 25.3 Å². The van der Waals surface area contributed by atoms with E-state index in [0.717, 1.165) is 37.2 Å². The Labute approximate surface area is 372 Å². The molecule has 5 atom stereocenters. The number of ether oxygens (including phenoxy) is 2. The maximum atomic E-state index is 14.9. The lowest BCUT2D eigenvalue weighted by molar-refractivity contribution is -0.145. The molecule has 3 saturated carbocycles. The average molecular weight is 906 g/mol. The number of rotatable bonds is 12. The van der Waals surface area contributed by atoms with Crippen molar-refractivity contribution in [3.05, 3.63) is 41.8 Å². The van der Waals surface area contributed by atoms with Gasteiger partial charge in [0.2, 0.25) is 11.8 Å². The van der Waals surface area contributed by atoms with E-state index in [0.29, 0.717) is 72.3 Å². The molecule has 340 valence electrons. The Bertz CT molecular complexity index is 2360. The molecule has 1 saturated heterocycles. The molecule has 1 aromatic carbocycles. The number of allylic oxidation sites excluding steroid dienone is 1. The molecule has 0 radical (unpaired) electrons. The van der Waals surface area contributed by atoms with Crippen molar-refractivity contribution in [3.8, 4) is 22.9 Å². The third-order valence-corrected chi connectivity index (χ3v) is 16.3. The van der Waals surface area contributed by atoms with Crippen LogP contribution in [0.15, 0.2) is 41.8 Å². The van der Waals surface area contributed by atoms with Crippen LogP contribution in [0.25, 0.3) is 22.3 Å². The summed E-state index contributed by atoms with van der Waals surface area (Å²) in [5, 5.41) is 25.4. The average Bonchev–Trinajstić information content (AvgIpc) is 4.13. The largest absolute Gasteiger partial charge is 0.497 e. The molecule has 0 spiro atoms. The highest BCUT2D eigenvalue weighted by atomic mass is 32.2. The fourth-order valence-corrected chi connectivity index (χ4v) is 12.5. The number of carboxylic acids is 1. The number of hydrogen-bond acceptors (Lipinski definition) is 12. The van der Waals surface area contributed by atoms with Crippen molar-refractivity contribution in [2.45, 2.75) is 144 Å². The van der Waals surface area contributed by atoms with Crippen LogP contribution in [0.4, 0.5) is 9.93 Å². The van der Waals surface area contributed by atoms with Crippen molar-refractivity contribution in [2.75, 3.05) is 24.7 Å². The fraction of sp³-hybridized carbons (Fsp3) is 0.600. The van der Waals surface area contributed by atoms with Crippen molar-refractivity contribution in [1.29, 1.82) is 0 Å². The number of anilines is 1. The summed E-state index contributed by atoms with van der Waals surface area (Å²) in [5.74, 6) is -1.74. The van der Waals surface area contributed by atoms with Crippen LogP contribution in [-0.4, -0.2) is 112 Å². The normalized spacial score (nSPS) is 27.0. The van der Waals surface area contributed by atoms with Gasteiger partial charge in [0.25, 0.3) is 0 Å². The van der Waals surface area contributed by atoms with Crippen molar-refractivity contribution in [1.82, 2.24) is 30.8 Å². The van der Waals surface area contributed by atoms with Crippen molar-refractivity contribution < 1.29 is 42.2 Å². The maximum Gasteiger partial charge on any atom is 0.330 e. The highest BCUT2D eigenvalue weighted by Gasteiger charge is 2.61. The van der Waals surface area contributed by atoms with E-state index in [-0.39, 0.29) is 42.9 Å². The minimum Gasteiger partial charge on any atom is -0.497 e. The molecule has 3 aliphatic carbocycles. The SMILES string of the molecule is COc1ccc2c(O[C@@H]3C[C@H]4C(=O)N[C@]5(C(=O)O)CC5/C=C\CCCCC[C@H](NC(=O)NC5(CS(=O)(=O)C6CC6)CCCCC5)C(=O)N4C3)cc(-c3csc(NC(C)C)n3)nc2c1. The number of carbonyl (C=O) groups excluding carboxylic acids is 3. The molecular formula is C45H59N7O9S2. The van der Waals surface area contributed by atoms with E-state index in [4.69, 9.17) is 19.4 Å². The Morgan fingerprint density at radius 3 is 2.54 bits per heavy atom. The van der Waals surface area contributed by atoms with Gasteiger partial charge in [0.1, 0.15) is 40.9 Å². The monoisotopic (exact) mass is 905 g/mol. The number of benzene rings is 1. The molecular weight excluding hydrogens is 847 g/mol. The second kappa shape index (κ2) is 18.3. The molecule has 3 aromatic rings. The quantitative estimate of drug-likeness (QED) is 0.133. The molecule has 5 aliphatic rings. The molecule has 4 fully saturated rings. The van der Waals surface area contributed by atoms with Gasteiger partial charge in [-0.3, -0.25) is 9.59 Å². The van der Waals surface area contributed by atoms with Crippen molar-refractivity contribution >= 4 is 61.0 Å². The predicted molar refractivity (Wildman–Crippen MR) is 240 cm³/mol. The zero-order valence-electron chi connectivity index (χ0n) is 36.2. The predicted octanol–water partition coefficient (Wildman–Crippen LogP) is 5.96. The number of fused-ring (bicyclic) bond motifs is 3. The molecule has 8 rings (SSSR count). The van der Waals surface area contributed by atoms with Gasteiger partial charge < -0.3 is 40.7 Å². The van der Waals surface area contributed by atoms with Gasteiger partial charge in [-0.05, 0) is 77.3 Å². The molecule has 1 unspecified atom stereocenters. The minimum absolute atomic E-state index is 0.0296. The number of pyridine rings is 1. The van der Waals surface area contributed by atoms with Gasteiger partial charge in [-0.15, -0.1) is 11.3 Å². The van der Waals surface area contributed by atoms with Gasteiger partial charge in [0, 0.05) is 41.3 Å². The van der Waals surface area contributed by atoms with Crippen LogP contribution in [0.2, 0.25) is 0 Å². The first kappa shape index (κ1) is 44.6. The van der Waals surface area contributed by atoms with E-state index < -0.39 is 68.8 Å². The summed E-state index contributed by atoms with van der Waals surface area (Å²) in [5.41, 5.74) is -0.679. The number of nitrogens with one attached hydrogen (secondary N) is 4. The number of carboxylic acid groups (broad SMARTS) is 1. The molecule has 18 heteroatoms. The van der Waals surface area contributed by atoms with E-state index in [1.165, 1.54) is 16.2 Å². The molecule has 5 N–H and O–H groups in total. The molecule has 4 heterocycles. The first-order valence-corrected chi connectivity index (χ1v) is 25.0. The lowest BCUT2D eigenvalue weighted by atomic mass is 9.83. The van der Waals surface area contributed by atoms with Gasteiger partial charge in [0.05, 0.1) is 41.4 Å². The molecule has 4 amide bonds. The number of methoxy groups -OCH3 is 1. The van der Waals surface area contributed by atoms with Crippen LogP contribution in [0.3, 0.4) is 0 Å². The zero-order chi connectivity index (χ0) is 44.5. The van der Waals surface area contributed by atoms with Crippen LogP contribution < -0.4 is 30.7 Å². The number of amides is 4. The van der Waals surface area contributed by atoms with E-state index in [1.807, 2.05) is 37.4 Å². The van der Waals surface area contributed by atoms with Gasteiger partial charge in [-0.1, -0.05) is 44.3 Å². The van der Waals surface area contributed by atoms with E-state index in [9.17, 15) is 32.7 Å². The van der Waals surface area contributed by atoms with Gasteiger partial charge in [-0.2, -0.15) is 0 Å². The number of nitrogens with zero attached hydrogens (tertiary/aromatic N) is 3. The van der Waals surface area contributed by atoms with Crippen LogP contribution in [-0.2, 0) is 24.2 Å². The second-order valence-electron chi connectivity index (χ2n) is 18.3. The number of urea groups is 1. The summed E-state index contributed by atoms with van der Waals surface area (Å²) in [6, 6.07) is 4.60. The minimum atomic E-state index is -3.41. The topological polar surface area (TPSA) is 218 Å². The van der Waals surface area contributed by atoms with Crippen molar-refractivity contribution in [2.24, 2.45) is 5.92 Å². The molecule has 2 aliphatic heterocycles. The number of aliphatic carboxylic acids is 1. The third kappa shape index (κ3) is 10.1. The number of thiazole rings is 1. The lowest BCUT2D eigenvalue weighted by Crippen LogP contribution is -2.61. The molecule has 63 heavy (non-hydrogen) atoms. The smallest absolute Gasteiger partial charge is 0.330 e. The maximum absolute atomic E-state index is 14.9. The van der Waals surface area contributed by atoms with Crippen LogP contribution in [0.1, 0.15) is 104 Å². The Kier molecular flexibility index (Phi) is 12.9. The second-order valence-corrected chi connectivity index (χ2v) is 21.5. The Morgan fingerprint density at radius 1 is 1.03 bits per heavy atom. The zero-order valence-corrected chi connectivity index (χ0v) is 37.8. The summed E-state index contributed by atoms with van der Waals surface area (Å²) in [7, 11) is -1.84. The molecule has 0 bridgehead atoms. The Hall–Kier alpha value is -4.97. The third-order valence-electron chi connectivity index (χ3n) is 13.1. The summed E-state index contributed by atoms with van der Waals surface area (Å²) >= 11 is 1.45. The molecule has 16 nitrogen and oxygen atoms in total. The van der Waals surface area contributed by atoms with Gasteiger partial charge >= 0.3 is 12.0 Å². The standard InChI is InChI=1S/C45H59N7O9S2/c1-27(2)46-43-49-36(25-62-43)35-22-38(32-17-14-29(60-3)20-34(32)47-35)61-30-21-37-39(53)50-45(41(55)56)23-28(45)12-8-5-4-6-9-13-33(40(54)52(37)24-30)48-42(57)51-44(18-10-7-11-19-44)26-63(58,59)31-15-16-31/h8,12,14,17,20,22,25,27-28,30-31,33,37H,4-7,9-11,13,15-16,18-19,21,23-24,26H2,1-3H3,(H,46,49)(H,50,53)(H,55,56)(H2,48,51,57)/b12-8-/t28?,30-,33+,37+,45-/m1/s1. The molecule has 2 aromatic heterocycles. The summed E-state index contributed by atoms with van der Waals surface area (Å²) in [6.45, 7) is 4.03. The number of carbonyl (C=O) groups is 4.